The molecule has 1 aromatic rings. The standard InChI is InChI=1S/C16H24N4O2S/c1-12(2)23(21,22)19-11-13-3-6-15(7-4-13)20-16-8-5-14(9-17)10-18-16/h5,8,10,12-13,15,19H,3-4,6-7,11H2,1-2H3,(H,18,20)/t13-,15-. The van der Waals surface area contributed by atoms with Gasteiger partial charge in [0.05, 0.1) is 10.8 Å². The Hall–Kier alpha value is -1.65. The molecule has 7 heteroatoms. The second-order valence-corrected chi connectivity index (χ2v) is 8.67. The first kappa shape index (κ1) is 17.7. The van der Waals surface area contributed by atoms with Gasteiger partial charge in [-0.1, -0.05) is 0 Å². The molecule has 1 aliphatic carbocycles. The number of hydrogen-bond acceptors (Lipinski definition) is 5. The van der Waals surface area contributed by atoms with Crippen LogP contribution >= 0.6 is 0 Å². The largest absolute Gasteiger partial charge is 0.367 e. The molecule has 0 unspecified atom stereocenters. The number of rotatable bonds is 6. The normalized spacial score (nSPS) is 21.8. The van der Waals surface area contributed by atoms with Crippen LogP contribution in [-0.4, -0.2) is 31.2 Å². The number of nitriles is 1. The van der Waals surface area contributed by atoms with Gasteiger partial charge in [0.15, 0.2) is 0 Å². The molecule has 1 aliphatic rings. The lowest BCUT2D eigenvalue weighted by atomic mass is 9.86. The smallest absolute Gasteiger partial charge is 0.213 e. The van der Waals surface area contributed by atoms with Crippen molar-refractivity contribution in [2.75, 3.05) is 11.9 Å². The number of aromatic nitrogens is 1. The fourth-order valence-electron chi connectivity index (χ4n) is 2.67. The van der Waals surface area contributed by atoms with E-state index in [0.717, 1.165) is 31.5 Å². The van der Waals surface area contributed by atoms with Crippen LogP contribution in [0.25, 0.3) is 0 Å². The van der Waals surface area contributed by atoms with E-state index in [1.807, 2.05) is 6.07 Å². The van der Waals surface area contributed by atoms with Crippen LogP contribution < -0.4 is 10.0 Å². The molecule has 1 fully saturated rings. The molecule has 0 aliphatic heterocycles. The van der Waals surface area contributed by atoms with Crippen LogP contribution in [0, 0.1) is 17.2 Å². The van der Waals surface area contributed by atoms with Crippen molar-refractivity contribution in [2.45, 2.75) is 50.8 Å². The van der Waals surface area contributed by atoms with E-state index in [1.165, 1.54) is 0 Å². The second kappa shape index (κ2) is 7.75. The molecular weight excluding hydrogens is 312 g/mol. The summed E-state index contributed by atoms with van der Waals surface area (Å²) in [4.78, 5) is 4.23. The van der Waals surface area contributed by atoms with Crippen LogP contribution in [0.5, 0.6) is 0 Å². The van der Waals surface area contributed by atoms with E-state index in [2.05, 4.69) is 21.1 Å². The zero-order valence-electron chi connectivity index (χ0n) is 13.6. The zero-order valence-corrected chi connectivity index (χ0v) is 14.4. The van der Waals surface area contributed by atoms with Gasteiger partial charge in [-0.15, -0.1) is 0 Å². The summed E-state index contributed by atoms with van der Waals surface area (Å²) in [5, 5.41) is 11.8. The summed E-state index contributed by atoms with van der Waals surface area (Å²) in [5.41, 5.74) is 0.552. The Labute approximate surface area is 138 Å². The van der Waals surface area contributed by atoms with Crippen LogP contribution in [-0.2, 0) is 10.0 Å². The van der Waals surface area contributed by atoms with Crippen LogP contribution in [0.2, 0.25) is 0 Å². The van der Waals surface area contributed by atoms with Crippen molar-refractivity contribution in [3.8, 4) is 6.07 Å². The second-order valence-electron chi connectivity index (χ2n) is 6.35. The zero-order chi connectivity index (χ0) is 16.9. The highest BCUT2D eigenvalue weighted by molar-refractivity contribution is 7.90. The van der Waals surface area contributed by atoms with Crippen molar-refractivity contribution >= 4 is 15.8 Å². The molecule has 2 N–H and O–H groups in total. The molecule has 1 aromatic heterocycles. The minimum Gasteiger partial charge on any atom is -0.367 e. The Morgan fingerprint density at radius 2 is 2.00 bits per heavy atom. The third-order valence-corrected chi connectivity index (χ3v) is 6.10. The Bertz CT molecular complexity index is 642. The number of sulfonamides is 1. The van der Waals surface area contributed by atoms with Gasteiger partial charge in [-0.25, -0.2) is 18.1 Å². The molecule has 0 aromatic carbocycles. The molecule has 2 rings (SSSR count). The van der Waals surface area contributed by atoms with Gasteiger partial charge in [-0.05, 0) is 57.6 Å². The third kappa shape index (κ3) is 5.19. The monoisotopic (exact) mass is 336 g/mol. The summed E-state index contributed by atoms with van der Waals surface area (Å²) in [6, 6.07) is 5.98. The van der Waals surface area contributed by atoms with Crippen LogP contribution in [0.3, 0.4) is 0 Å². The number of pyridine rings is 1. The predicted molar refractivity (Wildman–Crippen MR) is 90.4 cm³/mol. The fraction of sp³-hybridized carbons (Fsp3) is 0.625. The Balaban J connectivity index is 1.76. The summed E-state index contributed by atoms with van der Waals surface area (Å²) >= 11 is 0. The fourth-order valence-corrected chi connectivity index (χ4v) is 3.47. The van der Waals surface area contributed by atoms with Crippen LogP contribution in [0.1, 0.15) is 45.1 Å². The van der Waals surface area contributed by atoms with Gasteiger partial charge in [0.25, 0.3) is 0 Å². The summed E-state index contributed by atoms with van der Waals surface area (Å²) in [5.74, 6) is 1.18. The molecule has 0 amide bonds. The van der Waals surface area contributed by atoms with E-state index in [0.29, 0.717) is 24.1 Å². The molecule has 0 atom stereocenters. The molecule has 6 nitrogen and oxygen atoms in total. The number of nitrogens with zero attached hydrogens (tertiary/aromatic N) is 2. The average molecular weight is 336 g/mol. The lowest BCUT2D eigenvalue weighted by Crippen LogP contribution is -2.37. The summed E-state index contributed by atoms with van der Waals surface area (Å²) in [6.07, 6.45) is 5.54. The molecule has 1 heterocycles. The predicted octanol–water partition coefficient (Wildman–Crippen LogP) is 2.25. The van der Waals surface area contributed by atoms with Gasteiger partial charge in [0.1, 0.15) is 11.9 Å². The quantitative estimate of drug-likeness (QED) is 0.831. The third-order valence-electron chi connectivity index (χ3n) is 4.29. The number of hydrogen-bond donors (Lipinski definition) is 2. The topological polar surface area (TPSA) is 94.9 Å². The summed E-state index contributed by atoms with van der Waals surface area (Å²) in [6.45, 7) is 3.91. The Kier molecular flexibility index (Phi) is 5.97. The van der Waals surface area contributed by atoms with Crippen molar-refractivity contribution in [1.29, 1.82) is 5.26 Å². The first-order valence-electron chi connectivity index (χ1n) is 8.02. The van der Waals surface area contributed by atoms with Gasteiger partial charge in [0.2, 0.25) is 10.0 Å². The van der Waals surface area contributed by atoms with Gasteiger partial charge >= 0.3 is 0 Å². The highest BCUT2D eigenvalue weighted by atomic mass is 32.2. The lowest BCUT2D eigenvalue weighted by Gasteiger charge is -2.29. The number of nitrogens with one attached hydrogen (secondary N) is 2. The van der Waals surface area contributed by atoms with Crippen molar-refractivity contribution in [2.24, 2.45) is 5.92 Å². The van der Waals surface area contributed by atoms with Gasteiger partial charge in [0, 0.05) is 18.8 Å². The molecule has 0 radical (unpaired) electrons. The maximum atomic E-state index is 11.8. The molecule has 23 heavy (non-hydrogen) atoms. The molecule has 0 bridgehead atoms. The molecule has 0 spiro atoms. The van der Waals surface area contributed by atoms with Crippen molar-refractivity contribution in [3.63, 3.8) is 0 Å². The first-order valence-corrected chi connectivity index (χ1v) is 9.56. The molecular formula is C16H24N4O2S. The van der Waals surface area contributed by atoms with E-state index >= 15 is 0 Å². The van der Waals surface area contributed by atoms with Crippen LogP contribution in [0.15, 0.2) is 18.3 Å². The number of anilines is 1. The van der Waals surface area contributed by atoms with Crippen molar-refractivity contribution in [3.05, 3.63) is 23.9 Å². The Morgan fingerprint density at radius 3 is 2.52 bits per heavy atom. The van der Waals surface area contributed by atoms with Crippen molar-refractivity contribution in [1.82, 2.24) is 9.71 Å². The maximum absolute atomic E-state index is 11.8. The van der Waals surface area contributed by atoms with E-state index in [9.17, 15) is 8.42 Å². The van der Waals surface area contributed by atoms with Crippen molar-refractivity contribution < 1.29 is 8.42 Å². The van der Waals surface area contributed by atoms with Gasteiger partial charge in [-0.2, -0.15) is 5.26 Å². The van der Waals surface area contributed by atoms with Crippen LogP contribution in [0.4, 0.5) is 5.82 Å². The lowest BCUT2D eigenvalue weighted by molar-refractivity contribution is 0.336. The van der Waals surface area contributed by atoms with Gasteiger partial charge in [-0.3, -0.25) is 0 Å². The Morgan fingerprint density at radius 1 is 1.30 bits per heavy atom. The minimum atomic E-state index is -3.17. The van der Waals surface area contributed by atoms with E-state index < -0.39 is 10.0 Å². The van der Waals surface area contributed by atoms with E-state index in [-0.39, 0.29) is 5.25 Å². The average Bonchev–Trinajstić information content (AvgIpc) is 2.55. The summed E-state index contributed by atoms with van der Waals surface area (Å²) < 4.78 is 26.3. The minimum absolute atomic E-state index is 0.355. The van der Waals surface area contributed by atoms with E-state index in [1.54, 1.807) is 26.1 Å². The van der Waals surface area contributed by atoms with Gasteiger partial charge < -0.3 is 5.32 Å². The highest BCUT2D eigenvalue weighted by Crippen LogP contribution is 2.26. The molecule has 1 saturated carbocycles. The summed E-state index contributed by atoms with van der Waals surface area (Å²) in [7, 11) is -3.17. The van der Waals surface area contributed by atoms with E-state index in [4.69, 9.17) is 5.26 Å². The SMILES string of the molecule is CC(C)S(=O)(=O)NC[C@H]1CC[C@H](Nc2ccc(C#N)cn2)CC1. The first-order chi connectivity index (χ1) is 10.9. The highest BCUT2D eigenvalue weighted by Gasteiger charge is 2.23. The molecule has 0 saturated heterocycles. The molecule has 126 valence electrons. The maximum Gasteiger partial charge on any atom is 0.213 e.